The summed E-state index contributed by atoms with van der Waals surface area (Å²) in [6.07, 6.45) is 0. The molecule has 0 heterocycles. The van der Waals surface area contributed by atoms with E-state index in [1.165, 1.54) is 99.1 Å². The summed E-state index contributed by atoms with van der Waals surface area (Å²) in [5.74, 6) is 0. The predicted octanol–water partition coefficient (Wildman–Crippen LogP) is 18.6. The largest absolute Gasteiger partial charge is 0.311 e. The summed E-state index contributed by atoms with van der Waals surface area (Å²) in [6.45, 7) is 0. The van der Waals surface area contributed by atoms with E-state index in [2.05, 4.69) is 278 Å². The molecule has 0 radical (unpaired) electrons. The SMILES string of the molecule is c1ccc(-c2ccc(-c3ccc(N(c4ccc(-c5ccc6c(ccc7ccccc76)c5)cc4)c4ccc(-c5c(-c6ccccc6)ccc6ccccc56)cc4)cc3)cc2-c2ccccc2)cc1. The van der Waals surface area contributed by atoms with E-state index >= 15 is 0 Å². The van der Waals surface area contributed by atoms with Crippen LogP contribution in [0.2, 0.25) is 0 Å². The maximum atomic E-state index is 2.37. The number of hydrogen-bond acceptors (Lipinski definition) is 1. The van der Waals surface area contributed by atoms with Crippen molar-refractivity contribution in [1.82, 2.24) is 0 Å². The first kappa shape index (κ1) is 39.8. The molecule has 0 saturated heterocycles. The standard InChI is InChI=1S/C66H45N/c1-4-14-48(15-5-1)61-41-34-55(45-65(61)50-18-8-3-9-19-50)47-28-37-58(38-29-47)67(57-35-26-46(27-36-57)54-33-42-62-56(44-54)25-24-51-20-10-12-22-60(51)62)59-39-30-53(31-40-59)66-63-23-13-11-21-52(63)32-43-64(66)49-16-6-2-7-17-49/h1-45H. The average molecular weight is 852 g/mol. The highest BCUT2D eigenvalue weighted by atomic mass is 15.1. The molecular formula is C66H45N. The van der Waals surface area contributed by atoms with Crippen molar-refractivity contribution in [3.63, 3.8) is 0 Å². The summed E-state index contributed by atoms with van der Waals surface area (Å²) < 4.78 is 0. The minimum absolute atomic E-state index is 1.08. The molecule has 0 aliphatic carbocycles. The third-order valence-corrected chi connectivity index (χ3v) is 13.3. The van der Waals surface area contributed by atoms with Gasteiger partial charge in [0, 0.05) is 17.1 Å². The highest BCUT2D eigenvalue weighted by Gasteiger charge is 2.17. The van der Waals surface area contributed by atoms with E-state index in [-0.39, 0.29) is 0 Å². The second kappa shape index (κ2) is 17.3. The fourth-order valence-electron chi connectivity index (χ4n) is 9.91. The van der Waals surface area contributed by atoms with Crippen LogP contribution in [-0.2, 0) is 0 Å². The predicted molar refractivity (Wildman–Crippen MR) is 286 cm³/mol. The van der Waals surface area contributed by atoms with Crippen molar-refractivity contribution in [1.29, 1.82) is 0 Å². The van der Waals surface area contributed by atoms with E-state index < -0.39 is 0 Å². The number of fused-ring (bicyclic) bond motifs is 4. The van der Waals surface area contributed by atoms with E-state index in [0.29, 0.717) is 0 Å². The summed E-state index contributed by atoms with van der Waals surface area (Å²) in [6, 6.07) is 99.4. The van der Waals surface area contributed by atoms with Gasteiger partial charge in [-0.25, -0.2) is 0 Å². The Kier molecular flexibility index (Phi) is 10.3. The lowest BCUT2D eigenvalue weighted by molar-refractivity contribution is 1.28. The van der Waals surface area contributed by atoms with E-state index in [1.807, 2.05) is 0 Å². The molecule has 0 unspecified atom stereocenters. The van der Waals surface area contributed by atoms with Gasteiger partial charge in [0.15, 0.2) is 0 Å². The van der Waals surface area contributed by atoms with E-state index in [9.17, 15) is 0 Å². The van der Waals surface area contributed by atoms with Gasteiger partial charge in [-0.05, 0) is 148 Å². The minimum Gasteiger partial charge on any atom is -0.311 e. The van der Waals surface area contributed by atoms with Crippen LogP contribution in [0.15, 0.2) is 273 Å². The fourth-order valence-corrected chi connectivity index (χ4v) is 9.91. The van der Waals surface area contributed by atoms with Gasteiger partial charge in [-0.1, -0.05) is 224 Å². The molecule has 0 fully saturated rings. The minimum atomic E-state index is 1.08. The average Bonchev–Trinajstić information content (AvgIpc) is 3.41. The monoisotopic (exact) mass is 851 g/mol. The van der Waals surface area contributed by atoms with Crippen molar-refractivity contribution >= 4 is 49.4 Å². The Balaban J connectivity index is 0.943. The van der Waals surface area contributed by atoms with Crippen LogP contribution in [0.4, 0.5) is 17.1 Å². The van der Waals surface area contributed by atoms with Crippen molar-refractivity contribution < 1.29 is 0 Å². The van der Waals surface area contributed by atoms with Gasteiger partial charge in [-0.3, -0.25) is 0 Å². The Bertz CT molecular complexity index is 3690. The molecule has 12 rings (SSSR count). The van der Waals surface area contributed by atoms with Crippen molar-refractivity contribution in [2.75, 3.05) is 4.90 Å². The Morgan fingerprint density at radius 3 is 1.18 bits per heavy atom. The Hall–Kier alpha value is -8.78. The number of benzene rings is 12. The van der Waals surface area contributed by atoms with Gasteiger partial charge in [-0.15, -0.1) is 0 Å². The quantitative estimate of drug-likeness (QED) is 0.131. The van der Waals surface area contributed by atoms with Gasteiger partial charge in [-0.2, -0.15) is 0 Å². The number of anilines is 3. The van der Waals surface area contributed by atoms with E-state index in [0.717, 1.165) is 17.1 Å². The second-order valence-electron chi connectivity index (χ2n) is 17.3. The van der Waals surface area contributed by atoms with Crippen LogP contribution < -0.4 is 4.90 Å². The van der Waals surface area contributed by atoms with Crippen LogP contribution in [0.1, 0.15) is 0 Å². The first-order valence-corrected chi connectivity index (χ1v) is 23.1. The molecule has 12 aromatic rings. The maximum Gasteiger partial charge on any atom is 0.0462 e. The van der Waals surface area contributed by atoms with Crippen molar-refractivity contribution in [2.24, 2.45) is 0 Å². The molecule has 0 N–H and O–H groups in total. The molecule has 0 aromatic heterocycles. The molecule has 0 aliphatic heterocycles. The van der Waals surface area contributed by atoms with Crippen molar-refractivity contribution in [2.45, 2.75) is 0 Å². The van der Waals surface area contributed by atoms with Gasteiger partial charge >= 0.3 is 0 Å². The molecule has 12 aromatic carbocycles. The first-order valence-electron chi connectivity index (χ1n) is 23.1. The lowest BCUT2D eigenvalue weighted by Gasteiger charge is -2.26. The lowest BCUT2D eigenvalue weighted by atomic mass is 9.89. The van der Waals surface area contributed by atoms with Gasteiger partial charge in [0.2, 0.25) is 0 Å². The van der Waals surface area contributed by atoms with Crippen molar-refractivity contribution in [3.8, 4) is 66.8 Å². The molecule has 0 bridgehead atoms. The van der Waals surface area contributed by atoms with Crippen LogP contribution in [0.25, 0.3) is 99.1 Å². The molecule has 0 spiro atoms. The first-order chi connectivity index (χ1) is 33.2. The topological polar surface area (TPSA) is 3.24 Å². The molecule has 67 heavy (non-hydrogen) atoms. The van der Waals surface area contributed by atoms with Gasteiger partial charge in [0.1, 0.15) is 0 Å². The Morgan fingerprint density at radius 1 is 0.194 bits per heavy atom. The molecule has 0 amide bonds. The van der Waals surface area contributed by atoms with Gasteiger partial charge < -0.3 is 4.90 Å². The highest BCUT2D eigenvalue weighted by molar-refractivity contribution is 6.08. The Morgan fingerprint density at radius 2 is 0.582 bits per heavy atom. The van der Waals surface area contributed by atoms with Gasteiger partial charge in [0.25, 0.3) is 0 Å². The zero-order valence-electron chi connectivity index (χ0n) is 36.9. The molecule has 1 nitrogen and oxygen atoms in total. The van der Waals surface area contributed by atoms with Crippen LogP contribution in [-0.4, -0.2) is 0 Å². The number of hydrogen-bond donors (Lipinski definition) is 0. The molecular weight excluding hydrogens is 807 g/mol. The van der Waals surface area contributed by atoms with Crippen LogP contribution in [0, 0.1) is 0 Å². The summed E-state index contributed by atoms with van der Waals surface area (Å²) in [7, 11) is 0. The third-order valence-electron chi connectivity index (χ3n) is 13.3. The summed E-state index contributed by atoms with van der Waals surface area (Å²) in [5.41, 5.74) is 17.7. The molecule has 0 aliphatic rings. The van der Waals surface area contributed by atoms with E-state index in [1.54, 1.807) is 0 Å². The van der Waals surface area contributed by atoms with Crippen LogP contribution in [0.3, 0.4) is 0 Å². The molecule has 314 valence electrons. The number of rotatable bonds is 9. The molecule has 1 heteroatoms. The lowest BCUT2D eigenvalue weighted by Crippen LogP contribution is -2.09. The summed E-state index contributed by atoms with van der Waals surface area (Å²) in [5, 5.41) is 7.54. The summed E-state index contributed by atoms with van der Waals surface area (Å²) in [4.78, 5) is 2.37. The maximum absolute atomic E-state index is 2.37. The smallest absolute Gasteiger partial charge is 0.0462 e. The second-order valence-corrected chi connectivity index (χ2v) is 17.3. The third kappa shape index (κ3) is 7.63. The van der Waals surface area contributed by atoms with Crippen LogP contribution >= 0.6 is 0 Å². The zero-order chi connectivity index (χ0) is 44.5. The fraction of sp³-hybridized carbons (Fsp3) is 0. The number of nitrogens with zero attached hydrogens (tertiary/aromatic N) is 1. The van der Waals surface area contributed by atoms with Gasteiger partial charge in [0.05, 0.1) is 0 Å². The Labute approximate surface area is 392 Å². The van der Waals surface area contributed by atoms with Crippen LogP contribution in [0.5, 0.6) is 0 Å². The molecule has 0 saturated carbocycles. The summed E-state index contributed by atoms with van der Waals surface area (Å²) >= 11 is 0. The van der Waals surface area contributed by atoms with E-state index in [4.69, 9.17) is 0 Å². The zero-order valence-corrected chi connectivity index (χ0v) is 36.9. The van der Waals surface area contributed by atoms with Crippen molar-refractivity contribution in [3.05, 3.63) is 273 Å². The highest BCUT2D eigenvalue weighted by Crippen LogP contribution is 2.43. The normalized spacial score (nSPS) is 11.3. The molecule has 0 atom stereocenters.